The minimum absolute atomic E-state index is 0.0393. The molecule has 11 heteroatoms. The van der Waals surface area contributed by atoms with Crippen LogP contribution in [-0.2, 0) is 12.7 Å². The molecule has 5 nitrogen and oxygen atoms in total. The summed E-state index contributed by atoms with van der Waals surface area (Å²) in [6.07, 6.45) is -2.91. The Morgan fingerprint density at radius 2 is 1.70 bits per heavy atom. The van der Waals surface area contributed by atoms with Crippen LogP contribution in [0.4, 0.5) is 23.4 Å². The molecule has 0 saturated carbocycles. The van der Waals surface area contributed by atoms with Crippen LogP contribution in [0.2, 0.25) is 10.0 Å². The van der Waals surface area contributed by atoms with Crippen LogP contribution in [0, 0.1) is 5.82 Å². The number of anilines is 1. The van der Waals surface area contributed by atoms with Crippen LogP contribution >= 0.6 is 23.2 Å². The molecule has 0 aliphatic carbocycles. The van der Waals surface area contributed by atoms with Gasteiger partial charge in [-0.05, 0) is 54.6 Å². The molecule has 214 valence electrons. The van der Waals surface area contributed by atoms with Crippen LogP contribution in [-0.4, -0.2) is 78.7 Å². The zero-order valence-corrected chi connectivity index (χ0v) is 23.6. The molecule has 2 atom stereocenters. The third-order valence-electron chi connectivity index (χ3n) is 7.82. The Morgan fingerprint density at radius 1 is 0.925 bits per heavy atom. The molecule has 0 bridgehead atoms. The Kier molecular flexibility index (Phi) is 8.87. The number of pyridine rings is 1. The molecular weight excluding hydrogens is 565 g/mol. The fourth-order valence-electron chi connectivity index (χ4n) is 5.73. The van der Waals surface area contributed by atoms with Gasteiger partial charge in [-0.3, -0.25) is 14.7 Å². The molecule has 0 radical (unpaired) electrons. The van der Waals surface area contributed by atoms with E-state index in [0.29, 0.717) is 22.2 Å². The van der Waals surface area contributed by atoms with E-state index in [9.17, 15) is 17.6 Å². The lowest BCUT2D eigenvalue weighted by atomic mass is 9.93. The highest BCUT2D eigenvalue weighted by molar-refractivity contribution is 6.42. The minimum atomic E-state index is -4.72. The van der Waals surface area contributed by atoms with Crippen molar-refractivity contribution in [3.05, 3.63) is 93.3 Å². The van der Waals surface area contributed by atoms with Gasteiger partial charge < -0.3 is 4.90 Å². The third kappa shape index (κ3) is 6.71. The van der Waals surface area contributed by atoms with Crippen molar-refractivity contribution in [1.29, 1.82) is 0 Å². The van der Waals surface area contributed by atoms with E-state index in [1.807, 2.05) is 43.6 Å². The fraction of sp³-hybridized carbons (Fsp3) is 0.414. The van der Waals surface area contributed by atoms with E-state index in [0.717, 1.165) is 69.5 Å². The minimum Gasteiger partial charge on any atom is -0.354 e. The molecule has 3 heterocycles. The Morgan fingerprint density at radius 3 is 2.35 bits per heavy atom. The highest BCUT2D eigenvalue weighted by atomic mass is 35.5. The highest BCUT2D eigenvalue weighted by Gasteiger charge is 2.38. The van der Waals surface area contributed by atoms with Gasteiger partial charge in [-0.2, -0.15) is 13.2 Å². The Hall–Kier alpha value is -2.43. The molecule has 1 aromatic heterocycles. The first-order valence-corrected chi connectivity index (χ1v) is 14.0. The summed E-state index contributed by atoms with van der Waals surface area (Å²) in [6.45, 7) is 6.26. The molecule has 2 aliphatic heterocycles. The summed E-state index contributed by atoms with van der Waals surface area (Å²) in [5.41, 5.74) is 0.292. The Balaban J connectivity index is 1.28. The van der Waals surface area contributed by atoms with E-state index in [2.05, 4.69) is 24.6 Å². The van der Waals surface area contributed by atoms with Crippen LogP contribution < -0.4 is 4.90 Å². The molecule has 0 N–H and O–H groups in total. The quantitative estimate of drug-likeness (QED) is 0.302. The average molecular weight is 597 g/mol. The summed E-state index contributed by atoms with van der Waals surface area (Å²) >= 11 is 12.5. The fourth-order valence-corrected chi connectivity index (χ4v) is 6.04. The zero-order valence-electron chi connectivity index (χ0n) is 22.1. The third-order valence-corrected chi connectivity index (χ3v) is 8.56. The second kappa shape index (κ2) is 12.2. The molecule has 2 unspecified atom stereocenters. The summed E-state index contributed by atoms with van der Waals surface area (Å²) in [5.74, 6) is -0.171. The van der Waals surface area contributed by atoms with E-state index in [4.69, 9.17) is 23.2 Å². The summed E-state index contributed by atoms with van der Waals surface area (Å²) < 4.78 is 53.4. The molecular formula is C29H31Cl2F4N5. The molecule has 3 aromatic rings. The number of benzene rings is 2. The summed E-state index contributed by atoms with van der Waals surface area (Å²) in [7, 11) is 1.93. The van der Waals surface area contributed by atoms with Gasteiger partial charge in [-0.25, -0.2) is 9.37 Å². The van der Waals surface area contributed by atoms with Crippen LogP contribution in [0.25, 0.3) is 0 Å². The highest BCUT2D eigenvalue weighted by Crippen LogP contribution is 2.36. The van der Waals surface area contributed by atoms with E-state index >= 15 is 0 Å². The molecule has 2 saturated heterocycles. The number of alkyl halides is 3. The molecule has 0 spiro atoms. The predicted molar refractivity (Wildman–Crippen MR) is 150 cm³/mol. The van der Waals surface area contributed by atoms with Gasteiger partial charge in [0.15, 0.2) is 0 Å². The van der Waals surface area contributed by atoms with E-state index in [1.54, 1.807) is 6.07 Å². The van der Waals surface area contributed by atoms with Gasteiger partial charge in [0.25, 0.3) is 0 Å². The SMILES string of the molecule is CN(Cc1ccc(C(F)(F)F)c(F)c1)C1CN(CN2CCN(c3ccccn3)CC2)CC1c1ccc(Cl)c(Cl)c1. The standard InChI is InChI=1S/C29H31Cl2F4N5/c1-37(16-20-5-7-23(26(32)14-20)29(33,34)35)27-18-39(17-22(27)21-6-8-24(30)25(31)15-21)19-38-10-12-40(13-11-38)28-4-2-3-9-36-28/h2-9,14-15,22,27H,10-13,16-19H2,1H3. The molecule has 40 heavy (non-hydrogen) atoms. The lowest BCUT2D eigenvalue weighted by molar-refractivity contribution is -0.140. The average Bonchev–Trinajstić information content (AvgIpc) is 3.34. The normalized spacial score (nSPS) is 20.9. The van der Waals surface area contributed by atoms with Crippen LogP contribution in [0.3, 0.4) is 0 Å². The smallest absolute Gasteiger partial charge is 0.354 e. The van der Waals surface area contributed by atoms with Crippen molar-refractivity contribution in [2.24, 2.45) is 0 Å². The lowest BCUT2D eigenvalue weighted by Gasteiger charge is -2.37. The summed E-state index contributed by atoms with van der Waals surface area (Å²) in [6, 6.07) is 14.8. The first kappa shape index (κ1) is 29.1. The van der Waals surface area contributed by atoms with Crippen molar-refractivity contribution in [3.8, 4) is 0 Å². The first-order valence-electron chi connectivity index (χ1n) is 13.2. The van der Waals surface area contributed by atoms with Gasteiger partial charge in [0.1, 0.15) is 11.6 Å². The molecule has 5 rings (SSSR count). The van der Waals surface area contributed by atoms with Crippen LogP contribution in [0.5, 0.6) is 0 Å². The van der Waals surface area contributed by atoms with Gasteiger partial charge >= 0.3 is 6.18 Å². The van der Waals surface area contributed by atoms with Gasteiger partial charge in [-0.15, -0.1) is 0 Å². The predicted octanol–water partition coefficient (Wildman–Crippen LogP) is 6.23. The number of hydrogen-bond donors (Lipinski definition) is 0. The van der Waals surface area contributed by atoms with E-state index in [1.165, 1.54) is 6.07 Å². The maximum atomic E-state index is 14.3. The van der Waals surface area contributed by atoms with Crippen molar-refractivity contribution >= 4 is 29.0 Å². The van der Waals surface area contributed by atoms with Crippen molar-refractivity contribution in [3.63, 3.8) is 0 Å². The Bertz CT molecular complexity index is 1300. The van der Waals surface area contributed by atoms with E-state index < -0.39 is 17.6 Å². The second-order valence-corrected chi connectivity index (χ2v) is 11.4. The van der Waals surface area contributed by atoms with Crippen molar-refractivity contribution in [2.75, 3.05) is 57.9 Å². The van der Waals surface area contributed by atoms with Gasteiger partial charge in [0, 0.05) is 64.0 Å². The maximum absolute atomic E-state index is 14.3. The van der Waals surface area contributed by atoms with Crippen molar-refractivity contribution in [2.45, 2.75) is 24.7 Å². The topological polar surface area (TPSA) is 25.9 Å². The van der Waals surface area contributed by atoms with Gasteiger partial charge in [-0.1, -0.05) is 41.4 Å². The lowest BCUT2D eigenvalue weighted by Crippen LogP contribution is -2.50. The first-order chi connectivity index (χ1) is 19.1. The van der Waals surface area contributed by atoms with Crippen molar-refractivity contribution < 1.29 is 17.6 Å². The number of nitrogens with zero attached hydrogens (tertiary/aromatic N) is 5. The van der Waals surface area contributed by atoms with Crippen LogP contribution in [0.1, 0.15) is 22.6 Å². The summed E-state index contributed by atoms with van der Waals surface area (Å²) in [5, 5.41) is 0.964. The largest absolute Gasteiger partial charge is 0.419 e. The second-order valence-electron chi connectivity index (χ2n) is 10.5. The molecule has 2 aliphatic rings. The number of piperazine rings is 1. The Labute approximate surface area is 241 Å². The monoisotopic (exact) mass is 595 g/mol. The number of halogens is 6. The number of likely N-dealkylation sites (N-methyl/N-ethyl adjacent to an activating group) is 1. The van der Waals surface area contributed by atoms with Gasteiger partial charge in [0.05, 0.1) is 22.3 Å². The van der Waals surface area contributed by atoms with Crippen LogP contribution in [0.15, 0.2) is 60.8 Å². The summed E-state index contributed by atoms with van der Waals surface area (Å²) in [4.78, 5) is 13.7. The van der Waals surface area contributed by atoms with Crippen molar-refractivity contribution in [1.82, 2.24) is 19.7 Å². The maximum Gasteiger partial charge on any atom is 0.419 e. The van der Waals surface area contributed by atoms with E-state index in [-0.39, 0.29) is 12.0 Å². The molecule has 0 amide bonds. The van der Waals surface area contributed by atoms with Gasteiger partial charge in [0.2, 0.25) is 0 Å². The molecule has 2 aromatic carbocycles. The number of likely N-dealkylation sites (tertiary alicyclic amines) is 1. The zero-order chi connectivity index (χ0) is 28.4. The number of hydrogen-bond acceptors (Lipinski definition) is 5. The number of aromatic nitrogens is 1. The number of rotatable bonds is 7. The molecule has 2 fully saturated rings.